The molecule has 0 bridgehead atoms. The van der Waals surface area contributed by atoms with Gasteiger partial charge in [-0.2, -0.15) is 0 Å². The highest BCUT2D eigenvalue weighted by Gasteiger charge is 2.34. The average molecular weight is 517 g/mol. The van der Waals surface area contributed by atoms with E-state index in [9.17, 15) is 28.4 Å². The van der Waals surface area contributed by atoms with Crippen LogP contribution >= 0.6 is 24.1 Å². The van der Waals surface area contributed by atoms with E-state index in [0.29, 0.717) is 0 Å². The van der Waals surface area contributed by atoms with Gasteiger partial charge in [-0.25, -0.2) is 9.18 Å². The second-order valence-electron chi connectivity index (χ2n) is 6.51. The first-order chi connectivity index (χ1) is 13.9. The third-order valence-electron chi connectivity index (χ3n) is 3.61. The fraction of sp³-hybridized carbons (Fsp3) is 0.688. The third-order valence-corrected chi connectivity index (χ3v) is 5.14. The summed E-state index contributed by atoms with van der Waals surface area (Å²) in [6.07, 6.45) is -3.31. The highest BCUT2D eigenvalue weighted by atomic mass is 79.9. The SMILES string of the molecule is CC(C)OC(=O)[C@H](C)N[P+](=O)OCC(O[C@H](C)n1ccc(=O)[nH]c1=O)C(O)C(F)Br. The van der Waals surface area contributed by atoms with Crippen LogP contribution in [0.25, 0.3) is 0 Å². The van der Waals surface area contributed by atoms with Crippen LogP contribution < -0.4 is 16.3 Å². The van der Waals surface area contributed by atoms with E-state index in [4.69, 9.17) is 14.0 Å². The molecule has 0 amide bonds. The van der Waals surface area contributed by atoms with Gasteiger partial charge in [-0.3, -0.25) is 19.1 Å². The average Bonchev–Trinajstić information content (AvgIpc) is 2.63. The number of nitrogens with zero attached hydrogens (tertiary/aromatic N) is 1. The largest absolute Gasteiger partial charge is 0.613 e. The Morgan fingerprint density at radius 3 is 2.53 bits per heavy atom. The second-order valence-corrected chi connectivity index (χ2v) is 8.41. The molecule has 1 aromatic rings. The summed E-state index contributed by atoms with van der Waals surface area (Å²) >= 11 is 2.58. The molecule has 3 N–H and O–H groups in total. The second kappa shape index (κ2) is 12.4. The van der Waals surface area contributed by atoms with E-state index >= 15 is 0 Å². The molecule has 0 saturated heterocycles. The highest BCUT2D eigenvalue weighted by molar-refractivity contribution is 9.09. The summed E-state index contributed by atoms with van der Waals surface area (Å²) in [6.45, 7) is 5.62. The van der Waals surface area contributed by atoms with Crippen LogP contribution in [-0.2, 0) is 23.4 Å². The zero-order valence-corrected chi connectivity index (χ0v) is 19.3. The van der Waals surface area contributed by atoms with Crippen molar-refractivity contribution in [3.8, 4) is 0 Å². The van der Waals surface area contributed by atoms with Gasteiger partial charge >= 0.3 is 19.8 Å². The molecule has 4 unspecified atom stereocenters. The number of alkyl halides is 2. The van der Waals surface area contributed by atoms with Crippen molar-refractivity contribution in [2.75, 3.05) is 6.61 Å². The number of carbonyl (C=O) groups is 1. The number of carbonyl (C=O) groups excluding carboxylic acids is 1. The smallest absolute Gasteiger partial charge is 0.462 e. The van der Waals surface area contributed by atoms with Crippen molar-refractivity contribution < 1.29 is 32.9 Å². The molecule has 170 valence electrons. The van der Waals surface area contributed by atoms with Gasteiger partial charge in [-0.15, -0.1) is 4.52 Å². The Labute approximate surface area is 181 Å². The van der Waals surface area contributed by atoms with Gasteiger partial charge < -0.3 is 14.6 Å². The molecule has 11 nitrogen and oxygen atoms in total. The molecule has 1 aromatic heterocycles. The number of ether oxygens (including phenoxy) is 2. The van der Waals surface area contributed by atoms with Crippen molar-refractivity contribution in [3.63, 3.8) is 0 Å². The van der Waals surface area contributed by atoms with Crippen molar-refractivity contribution in [1.29, 1.82) is 0 Å². The molecule has 0 aliphatic rings. The lowest BCUT2D eigenvalue weighted by atomic mass is 10.2. The Bertz CT molecular complexity index is 833. The minimum Gasteiger partial charge on any atom is -0.462 e. The summed E-state index contributed by atoms with van der Waals surface area (Å²) in [7, 11) is -2.59. The maximum absolute atomic E-state index is 13.6. The Morgan fingerprint density at radius 1 is 1.37 bits per heavy atom. The van der Waals surface area contributed by atoms with Gasteiger partial charge in [0.15, 0.2) is 5.08 Å². The lowest BCUT2D eigenvalue weighted by Gasteiger charge is -2.26. The zero-order valence-electron chi connectivity index (χ0n) is 16.8. The molecule has 14 heteroatoms. The molecule has 0 radical (unpaired) electrons. The maximum Gasteiger partial charge on any atom is 0.613 e. The number of hydrogen-bond acceptors (Lipinski definition) is 8. The molecule has 1 heterocycles. The Balaban J connectivity index is 2.77. The fourth-order valence-corrected chi connectivity index (χ4v) is 3.26. The van der Waals surface area contributed by atoms with E-state index in [2.05, 4.69) is 21.0 Å². The first kappa shape index (κ1) is 26.5. The van der Waals surface area contributed by atoms with Crippen molar-refractivity contribution in [2.24, 2.45) is 0 Å². The van der Waals surface area contributed by atoms with Gasteiger partial charge in [0.25, 0.3) is 5.56 Å². The zero-order chi connectivity index (χ0) is 23.0. The van der Waals surface area contributed by atoms with E-state index in [1.165, 1.54) is 20.0 Å². The van der Waals surface area contributed by atoms with Crippen molar-refractivity contribution >= 4 is 30.1 Å². The van der Waals surface area contributed by atoms with Gasteiger partial charge in [-0.05, 0) is 48.2 Å². The number of aromatic amines is 1. The van der Waals surface area contributed by atoms with Crippen LogP contribution in [0.5, 0.6) is 0 Å². The number of halogens is 2. The molecular formula is C16H25BrFN3O8P+. The van der Waals surface area contributed by atoms with Crippen LogP contribution in [0.2, 0.25) is 0 Å². The lowest BCUT2D eigenvalue weighted by molar-refractivity contribution is -0.149. The number of aromatic nitrogens is 2. The summed E-state index contributed by atoms with van der Waals surface area (Å²) in [5.74, 6) is -0.639. The summed E-state index contributed by atoms with van der Waals surface area (Å²) in [6, 6.07) is 0.147. The Morgan fingerprint density at radius 2 is 2.00 bits per heavy atom. The standard InChI is InChI=1S/C16H24BrFN3O8P/c1-8(2)28-15(24)9(3)20-30(26)27-7-11(13(23)14(17)18)29-10(4)21-6-5-12(22)19-16(21)25/h5-6,8-11,13-14,23H,7H2,1-4H3,(H-,19,20,22,25,26)/p+1/t9-,10+,11?,13?,14?/m0/s1. The maximum atomic E-state index is 13.6. The van der Waals surface area contributed by atoms with Gasteiger partial charge in [-0.1, -0.05) is 5.09 Å². The molecule has 0 aliphatic heterocycles. The Kier molecular flexibility index (Phi) is 10.9. The lowest BCUT2D eigenvalue weighted by Crippen LogP contribution is -2.41. The van der Waals surface area contributed by atoms with Gasteiger partial charge in [0.1, 0.15) is 31.1 Å². The predicted molar refractivity (Wildman–Crippen MR) is 108 cm³/mol. The first-order valence-corrected chi connectivity index (χ1v) is 11.0. The molecular weight excluding hydrogens is 492 g/mol. The molecule has 30 heavy (non-hydrogen) atoms. The van der Waals surface area contributed by atoms with Crippen LogP contribution in [0, 0.1) is 0 Å². The monoisotopic (exact) mass is 516 g/mol. The topological polar surface area (TPSA) is 149 Å². The van der Waals surface area contributed by atoms with Gasteiger partial charge in [0, 0.05) is 12.3 Å². The quantitative estimate of drug-likeness (QED) is 0.211. The van der Waals surface area contributed by atoms with Crippen molar-refractivity contribution in [3.05, 3.63) is 33.1 Å². The van der Waals surface area contributed by atoms with E-state index < -0.39 is 61.6 Å². The van der Waals surface area contributed by atoms with Crippen LogP contribution in [-0.4, -0.2) is 56.7 Å². The third kappa shape index (κ3) is 8.70. The number of aliphatic hydroxyl groups is 1. The fourth-order valence-electron chi connectivity index (χ4n) is 2.14. The van der Waals surface area contributed by atoms with E-state index in [1.807, 2.05) is 4.98 Å². The van der Waals surface area contributed by atoms with Gasteiger partial charge in [0.05, 0.1) is 6.10 Å². The summed E-state index contributed by atoms with van der Waals surface area (Å²) < 4.78 is 42.1. The molecule has 0 aliphatic carbocycles. The number of esters is 1. The molecule has 0 fully saturated rings. The highest BCUT2D eigenvalue weighted by Crippen LogP contribution is 2.23. The number of hydrogen-bond donors (Lipinski definition) is 3. The minimum absolute atomic E-state index is 0.355. The van der Waals surface area contributed by atoms with E-state index in [1.54, 1.807) is 13.8 Å². The van der Waals surface area contributed by atoms with Crippen LogP contribution in [0.4, 0.5) is 4.39 Å². The van der Waals surface area contributed by atoms with Crippen LogP contribution in [0.3, 0.4) is 0 Å². The number of H-pyrrole nitrogens is 1. The molecule has 0 spiro atoms. The van der Waals surface area contributed by atoms with Crippen LogP contribution in [0.15, 0.2) is 21.9 Å². The van der Waals surface area contributed by atoms with E-state index in [0.717, 1.165) is 10.6 Å². The van der Waals surface area contributed by atoms with Crippen molar-refractivity contribution in [1.82, 2.24) is 14.6 Å². The summed E-state index contributed by atoms with van der Waals surface area (Å²) in [5.41, 5.74) is -1.38. The minimum atomic E-state index is -2.59. The summed E-state index contributed by atoms with van der Waals surface area (Å²) in [4.78, 5) is 36.8. The summed E-state index contributed by atoms with van der Waals surface area (Å²) in [5, 5.41) is 10.5. The van der Waals surface area contributed by atoms with Crippen LogP contribution in [0.1, 0.15) is 33.9 Å². The number of rotatable bonds is 12. The normalized spacial score (nSPS) is 17.1. The van der Waals surface area contributed by atoms with Crippen molar-refractivity contribution in [2.45, 2.75) is 63.4 Å². The first-order valence-electron chi connectivity index (χ1n) is 8.92. The Hall–Kier alpha value is -1.50. The predicted octanol–water partition coefficient (Wildman–Crippen LogP) is 1.10. The number of nitrogens with one attached hydrogen (secondary N) is 2. The molecule has 1 rings (SSSR count). The number of aliphatic hydroxyl groups excluding tert-OH is 1. The molecule has 6 atom stereocenters. The van der Waals surface area contributed by atoms with Gasteiger partial charge in [0.2, 0.25) is 0 Å². The van der Waals surface area contributed by atoms with E-state index in [-0.39, 0.29) is 6.10 Å². The molecule has 0 aromatic carbocycles. The molecule has 0 saturated carbocycles.